The number of aromatic carboxylic acids is 1. The number of halogens is 1. The van der Waals surface area contributed by atoms with Crippen LogP contribution in [-0.2, 0) is 0 Å². The molecule has 0 aliphatic heterocycles. The summed E-state index contributed by atoms with van der Waals surface area (Å²) in [6, 6.07) is 18.0. The van der Waals surface area contributed by atoms with Gasteiger partial charge in [-0.1, -0.05) is 41.9 Å². The van der Waals surface area contributed by atoms with Crippen molar-refractivity contribution in [2.45, 2.75) is 6.92 Å². The molecule has 4 aromatic rings. The second kappa shape index (κ2) is 6.32. The number of nitrogens with zero attached hydrogens (tertiary/aromatic N) is 1. The molecule has 0 atom stereocenters. The summed E-state index contributed by atoms with van der Waals surface area (Å²) in [4.78, 5) is 16.3. The Morgan fingerprint density at radius 2 is 1.81 bits per heavy atom. The lowest BCUT2D eigenvalue weighted by Gasteiger charge is -2.07. The van der Waals surface area contributed by atoms with Crippen LogP contribution in [0.25, 0.3) is 33.7 Å². The van der Waals surface area contributed by atoms with E-state index in [2.05, 4.69) is 4.98 Å². The number of hydrogen-bond acceptors (Lipinski definition) is 3. The van der Waals surface area contributed by atoms with Gasteiger partial charge in [-0.2, -0.15) is 0 Å². The maximum atomic E-state index is 11.7. The molecule has 26 heavy (non-hydrogen) atoms. The van der Waals surface area contributed by atoms with E-state index in [0.29, 0.717) is 33.1 Å². The smallest absolute Gasteiger partial charge is 0.336 e. The second-order valence-electron chi connectivity index (χ2n) is 5.98. The van der Waals surface area contributed by atoms with Crippen molar-refractivity contribution in [3.63, 3.8) is 0 Å². The molecule has 0 unspecified atom stereocenters. The third-order valence-corrected chi connectivity index (χ3v) is 4.60. The molecule has 0 aliphatic rings. The van der Waals surface area contributed by atoms with E-state index in [4.69, 9.17) is 16.0 Å². The normalized spacial score (nSPS) is 11.0. The maximum absolute atomic E-state index is 11.7. The summed E-state index contributed by atoms with van der Waals surface area (Å²) in [6.07, 6.45) is 0. The first kappa shape index (κ1) is 16.4. The number of carboxylic acid groups (broad SMARTS) is 1. The summed E-state index contributed by atoms with van der Waals surface area (Å²) in [5, 5.41) is 10.8. The Kier molecular flexibility index (Phi) is 3.98. The van der Waals surface area contributed by atoms with Gasteiger partial charge in [0.15, 0.2) is 5.76 Å². The van der Waals surface area contributed by atoms with Crippen LogP contribution in [0.5, 0.6) is 0 Å². The standard InChI is InChI=1S/C21H14ClNO3/c1-12-5-4-7-13-15(21(24)25)11-17(23-20(12)13)19-10-9-18(26-19)14-6-2-3-8-16(14)22/h2-11H,1H3,(H,24,25). The molecule has 0 spiro atoms. The molecule has 4 nitrogen and oxygen atoms in total. The highest BCUT2D eigenvalue weighted by atomic mass is 35.5. The molecule has 0 amide bonds. The monoisotopic (exact) mass is 363 g/mol. The van der Waals surface area contributed by atoms with E-state index in [0.717, 1.165) is 11.1 Å². The zero-order chi connectivity index (χ0) is 18.3. The molecule has 5 heteroatoms. The van der Waals surface area contributed by atoms with E-state index >= 15 is 0 Å². The number of hydrogen-bond donors (Lipinski definition) is 1. The summed E-state index contributed by atoms with van der Waals surface area (Å²) in [6.45, 7) is 1.90. The Hall–Kier alpha value is -3.11. The van der Waals surface area contributed by atoms with Crippen molar-refractivity contribution in [1.82, 2.24) is 4.98 Å². The van der Waals surface area contributed by atoms with Crippen LogP contribution in [0.1, 0.15) is 15.9 Å². The molecule has 128 valence electrons. The van der Waals surface area contributed by atoms with Gasteiger partial charge in [-0.05, 0) is 42.8 Å². The fourth-order valence-corrected chi connectivity index (χ4v) is 3.21. The SMILES string of the molecule is Cc1cccc2c(C(=O)O)cc(-c3ccc(-c4ccccc4Cl)o3)nc12. The first-order chi connectivity index (χ1) is 12.5. The topological polar surface area (TPSA) is 63.3 Å². The first-order valence-corrected chi connectivity index (χ1v) is 8.41. The number of carbonyl (C=O) groups is 1. The average Bonchev–Trinajstić information content (AvgIpc) is 3.11. The minimum absolute atomic E-state index is 0.199. The number of furan rings is 1. The van der Waals surface area contributed by atoms with Crippen molar-refractivity contribution in [2.75, 3.05) is 0 Å². The van der Waals surface area contributed by atoms with E-state index in [-0.39, 0.29) is 5.56 Å². The Bertz CT molecular complexity index is 1150. The molecular weight excluding hydrogens is 350 g/mol. The van der Waals surface area contributed by atoms with Gasteiger partial charge >= 0.3 is 5.97 Å². The van der Waals surface area contributed by atoms with E-state index in [1.165, 1.54) is 0 Å². The minimum atomic E-state index is -0.998. The molecule has 2 aromatic heterocycles. The third-order valence-electron chi connectivity index (χ3n) is 4.27. The molecule has 0 radical (unpaired) electrons. The molecule has 0 aliphatic carbocycles. The lowest BCUT2D eigenvalue weighted by molar-refractivity contribution is 0.0699. The van der Waals surface area contributed by atoms with Gasteiger partial charge in [0, 0.05) is 10.9 Å². The molecule has 0 bridgehead atoms. The van der Waals surface area contributed by atoms with E-state index in [1.807, 2.05) is 37.3 Å². The first-order valence-electron chi connectivity index (χ1n) is 8.03. The van der Waals surface area contributed by atoms with Crippen LogP contribution in [0.3, 0.4) is 0 Å². The fourth-order valence-electron chi connectivity index (χ4n) is 2.98. The van der Waals surface area contributed by atoms with Crippen LogP contribution in [-0.4, -0.2) is 16.1 Å². The van der Waals surface area contributed by atoms with Crippen LogP contribution < -0.4 is 0 Å². The van der Waals surface area contributed by atoms with Gasteiger partial charge < -0.3 is 9.52 Å². The zero-order valence-corrected chi connectivity index (χ0v) is 14.6. The molecule has 0 saturated carbocycles. The van der Waals surface area contributed by atoms with E-state index < -0.39 is 5.97 Å². The van der Waals surface area contributed by atoms with Gasteiger partial charge in [-0.25, -0.2) is 9.78 Å². The number of aryl methyl sites for hydroxylation is 1. The Morgan fingerprint density at radius 3 is 2.58 bits per heavy atom. The van der Waals surface area contributed by atoms with Crippen LogP contribution in [0, 0.1) is 6.92 Å². The lowest BCUT2D eigenvalue weighted by atomic mass is 10.0. The van der Waals surface area contributed by atoms with Gasteiger partial charge in [0.05, 0.1) is 16.1 Å². The number of para-hydroxylation sites is 1. The lowest BCUT2D eigenvalue weighted by Crippen LogP contribution is -2.00. The van der Waals surface area contributed by atoms with Crippen LogP contribution in [0.4, 0.5) is 0 Å². The fraction of sp³-hybridized carbons (Fsp3) is 0.0476. The van der Waals surface area contributed by atoms with Crippen molar-refractivity contribution in [3.05, 3.63) is 76.8 Å². The third kappa shape index (κ3) is 2.74. The van der Waals surface area contributed by atoms with Crippen LogP contribution in [0.2, 0.25) is 5.02 Å². The largest absolute Gasteiger partial charge is 0.478 e. The highest BCUT2D eigenvalue weighted by Crippen LogP contribution is 2.33. The van der Waals surface area contributed by atoms with Crippen molar-refractivity contribution in [2.24, 2.45) is 0 Å². The van der Waals surface area contributed by atoms with Gasteiger partial charge in [-0.3, -0.25) is 0 Å². The van der Waals surface area contributed by atoms with Gasteiger partial charge in [0.1, 0.15) is 11.5 Å². The van der Waals surface area contributed by atoms with Gasteiger partial charge in [0.2, 0.25) is 0 Å². The predicted molar refractivity (Wildman–Crippen MR) is 102 cm³/mol. The van der Waals surface area contributed by atoms with Crippen molar-refractivity contribution >= 4 is 28.5 Å². The van der Waals surface area contributed by atoms with Gasteiger partial charge in [-0.15, -0.1) is 0 Å². The number of aromatic nitrogens is 1. The van der Waals surface area contributed by atoms with Crippen molar-refractivity contribution in [1.29, 1.82) is 0 Å². The number of benzene rings is 2. The Labute approximate surface area is 154 Å². The molecule has 0 saturated heterocycles. The molecule has 2 heterocycles. The molecular formula is C21H14ClNO3. The van der Waals surface area contributed by atoms with Crippen molar-refractivity contribution in [3.8, 4) is 22.8 Å². The summed E-state index contributed by atoms with van der Waals surface area (Å²) >= 11 is 6.23. The van der Waals surface area contributed by atoms with Crippen LogP contribution in [0.15, 0.2) is 65.1 Å². The molecule has 1 N–H and O–H groups in total. The maximum Gasteiger partial charge on any atom is 0.336 e. The summed E-state index contributed by atoms with van der Waals surface area (Å²) in [5.41, 5.74) is 3.01. The number of pyridine rings is 1. The highest BCUT2D eigenvalue weighted by Gasteiger charge is 2.16. The molecule has 0 fully saturated rings. The van der Waals surface area contributed by atoms with E-state index in [1.54, 1.807) is 30.3 Å². The predicted octanol–water partition coefficient (Wildman–Crippen LogP) is 5.82. The summed E-state index contributed by atoms with van der Waals surface area (Å²) in [7, 11) is 0. The van der Waals surface area contributed by atoms with Crippen molar-refractivity contribution < 1.29 is 14.3 Å². The molecule has 2 aromatic carbocycles. The number of rotatable bonds is 3. The summed E-state index contributed by atoms with van der Waals surface area (Å²) < 4.78 is 5.92. The zero-order valence-electron chi connectivity index (χ0n) is 13.9. The number of fused-ring (bicyclic) bond motifs is 1. The molecule has 4 rings (SSSR count). The van der Waals surface area contributed by atoms with Gasteiger partial charge in [0.25, 0.3) is 0 Å². The highest BCUT2D eigenvalue weighted by molar-refractivity contribution is 6.33. The minimum Gasteiger partial charge on any atom is -0.478 e. The van der Waals surface area contributed by atoms with Crippen LogP contribution >= 0.6 is 11.6 Å². The van der Waals surface area contributed by atoms with E-state index in [9.17, 15) is 9.90 Å². The second-order valence-corrected chi connectivity index (χ2v) is 6.38. The average molecular weight is 364 g/mol. The quantitative estimate of drug-likeness (QED) is 0.498. The Morgan fingerprint density at radius 1 is 1.04 bits per heavy atom. The Balaban J connectivity index is 1.89. The number of carboxylic acids is 1. The summed E-state index contributed by atoms with van der Waals surface area (Å²) in [5.74, 6) is 0.101.